The minimum Gasteiger partial charge on any atom is -0.420 e. The van der Waals surface area contributed by atoms with E-state index in [1.165, 1.54) is 0 Å². The van der Waals surface area contributed by atoms with E-state index in [1.54, 1.807) is 29.9 Å². The number of pyridine rings is 2. The first-order valence-corrected chi connectivity index (χ1v) is 11.5. The van der Waals surface area contributed by atoms with Gasteiger partial charge in [-0.3, -0.25) is 9.78 Å². The normalized spacial score (nSPS) is 22.2. The Morgan fingerprint density at radius 3 is 2.80 bits per heavy atom. The first-order valence-electron chi connectivity index (χ1n) is 11.5. The topological polar surface area (TPSA) is 111 Å². The molecule has 0 bridgehead atoms. The number of aromatic nitrogens is 5. The number of hydrogen-bond donors (Lipinski definition) is 1. The van der Waals surface area contributed by atoms with Gasteiger partial charge in [0.2, 0.25) is 11.8 Å². The van der Waals surface area contributed by atoms with Crippen LogP contribution in [0.25, 0.3) is 17.0 Å². The van der Waals surface area contributed by atoms with E-state index in [9.17, 15) is 9.18 Å². The molecule has 0 radical (unpaired) electrons. The second-order valence-electron chi connectivity index (χ2n) is 9.74. The van der Waals surface area contributed by atoms with Crippen molar-refractivity contribution in [2.45, 2.75) is 25.4 Å². The fourth-order valence-corrected chi connectivity index (χ4v) is 4.75. The van der Waals surface area contributed by atoms with Gasteiger partial charge in [0.05, 0.1) is 58.8 Å². The average molecular weight is 475 g/mol. The molecule has 2 atom stereocenters. The van der Waals surface area contributed by atoms with Crippen molar-refractivity contribution >= 4 is 22.8 Å². The molecule has 1 saturated carbocycles. The molecule has 1 aliphatic carbocycles. The molecule has 3 fully saturated rings. The van der Waals surface area contributed by atoms with Crippen LogP contribution in [0, 0.1) is 12.3 Å². The Hall–Kier alpha value is -3.86. The highest BCUT2D eigenvalue weighted by Crippen LogP contribution is 2.43. The third-order valence-electron chi connectivity index (χ3n) is 7.04. The van der Waals surface area contributed by atoms with E-state index >= 15 is 0 Å². The molecule has 3 aliphatic rings. The van der Waals surface area contributed by atoms with Gasteiger partial charge in [-0.2, -0.15) is 5.10 Å². The van der Waals surface area contributed by atoms with Crippen LogP contribution in [0.3, 0.4) is 0 Å². The summed E-state index contributed by atoms with van der Waals surface area (Å²) >= 11 is 0. The van der Waals surface area contributed by atoms with Gasteiger partial charge >= 0.3 is 0 Å². The van der Waals surface area contributed by atoms with Crippen LogP contribution in [-0.4, -0.2) is 63.2 Å². The summed E-state index contributed by atoms with van der Waals surface area (Å²) in [5, 5.41) is 15.2. The first-order chi connectivity index (χ1) is 17.0. The number of fused-ring (bicyclic) bond motifs is 1. The van der Waals surface area contributed by atoms with Gasteiger partial charge in [0.1, 0.15) is 6.17 Å². The van der Waals surface area contributed by atoms with Crippen molar-refractivity contribution in [2.75, 3.05) is 36.5 Å². The lowest BCUT2D eigenvalue weighted by Gasteiger charge is -2.56. The largest absolute Gasteiger partial charge is 0.420 e. The summed E-state index contributed by atoms with van der Waals surface area (Å²) in [6.45, 7) is 5.36. The lowest BCUT2D eigenvalue weighted by molar-refractivity contribution is -0.127. The second-order valence-corrected chi connectivity index (χ2v) is 9.74. The Morgan fingerprint density at radius 2 is 2.06 bits per heavy atom. The molecule has 1 N–H and O–H groups in total. The molecular formula is C24H22FN7O3. The van der Waals surface area contributed by atoms with Gasteiger partial charge in [-0.25, -0.2) is 8.91 Å². The first kappa shape index (κ1) is 20.5. The Labute approximate surface area is 199 Å². The number of nitrogens with one attached hydrogen (secondary N) is 1. The number of carbonyl (C=O) groups is 1. The fraction of sp³-hybridized carbons (Fsp3) is 0.375. The number of ether oxygens (including phenoxy) is 1. The molecular weight excluding hydrogens is 453 g/mol. The van der Waals surface area contributed by atoms with Crippen molar-refractivity contribution in [3.63, 3.8) is 0 Å². The quantitative estimate of drug-likeness (QED) is 0.469. The second kappa shape index (κ2) is 7.32. The SMILES string of the molecule is Cc1ncc(-c2nnc([C@H]3C[C@@H]3F)o2)cc1NC(=O)c1cnn2ccc(N3CC4(COC4)C3)cc12. The van der Waals surface area contributed by atoms with Crippen LogP contribution in [0.2, 0.25) is 0 Å². The maximum atomic E-state index is 13.3. The maximum absolute atomic E-state index is 13.3. The predicted molar refractivity (Wildman–Crippen MR) is 123 cm³/mol. The fourth-order valence-electron chi connectivity index (χ4n) is 4.75. The summed E-state index contributed by atoms with van der Waals surface area (Å²) in [4.78, 5) is 19.9. The van der Waals surface area contributed by atoms with Gasteiger partial charge in [0, 0.05) is 31.2 Å². The number of hydrogen-bond acceptors (Lipinski definition) is 8. The van der Waals surface area contributed by atoms with Crippen LogP contribution in [0.4, 0.5) is 15.8 Å². The van der Waals surface area contributed by atoms with E-state index in [4.69, 9.17) is 9.15 Å². The summed E-state index contributed by atoms with van der Waals surface area (Å²) in [6.07, 6.45) is 4.51. The number of alkyl halides is 1. The number of amides is 1. The Morgan fingerprint density at radius 1 is 1.23 bits per heavy atom. The van der Waals surface area contributed by atoms with Crippen LogP contribution >= 0.6 is 0 Å². The summed E-state index contributed by atoms with van der Waals surface area (Å²) in [5.74, 6) is -0.0833. The molecule has 10 nitrogen and oxygen atoms in total. The van der Waals surface area contributed by atoms with E-state index < -0.39 is 6.17 Å². The molecule has 35 heavy (non-hydrogen) atoms. The highest BCUT2D eigenvalue weighted by atomic mass is 19.1. The lowest BCUT2D eigenvalue weighted by atomic mass is 9.78. The summed E-state index contributed by atoms with van der Waals surface area (Å²) in [6, 6.07) is 5.73. The number of rotatable bonds is 5. The highest BCUT2D eigenvalue weighted by Gasteiger charge is 2.49. The third kappa shape index (κ3) is 3.37. The van der Waals surface area contributed by atoms with Crippen LogP contribution in [0.1, 0.15) is 34.3 Å². The van der Waals surface area contributed by atoms with Gasteiger partial charge in [0.25, 0.3) is 5.91 Å². The zero-order valence-electron chi connectivity index (χ0n) is 18.9. The van der Waals surface area contributed by atoms with E-state index in [0.717, 1.165) is 37.5 Å². The van der Waals surface area contributed by atoms with Gasteiger partial charge < -0.3 is 19.4 Å². The molecule has 0 unspecified atom stereocenters. The monoisotopic (exact) mass is 475 g/mol. The molecule has 6 heterocycles. The molecule has 2 saturated heterocycles. The number of aryl methyl sites for hydroxylation is 1. The predicted octanol–water partition coefficient (Wildman–Crippen LogP) is 3.00. The minimum atomic E-state index is -0.921. The van der Waals surface area contributed by atoms with Crippen LogP contribution in [-0.2, 0) is 4.74 Å². The van der Waals surface area contributed by atoms with E-state index in [0.29, 0.717) is 40.2 Å². The number of carbonyl (C=O) groups excluding carboxylic acids is 1. The van der Waals surface area contributed by atoms with Crippen molar-refractivity contribution in [1.29, 1.82) is 0 Å². The third-order valence-corrected chi connectivity index (χ3v) is 7.04. The van der Waals surface area contributed by atoms with Crippen LogP contribution in [0.5, 0.6) is 0 Å². The van der Waals surface area contributed by atoms with Crippen molar-refractivity contribution in [3.8, 4) is 11.5 Å². The van der Waals surface area contributed by atoms with Crippen LogP contribution < -0.4 is 10.2 Å². The molecule has 178 valence electrons. The molecule has 2 aliphatic heterocycles. The number of anilines is 2. The van der Waals surface area contributed by atoms with E-state index in [2.05, 4.69) is 30.5 Å². The highest BCUT2D eigenvalue weighted by molar-refractivity contribution is 6.09. The molecule has 4 aromatic rings. The molecule has 11 heteroatoms. The summed E-state index contributed by atoms with van der Waals surface area (Å²) in [7, 11) is 0. The summed E-state index contributed by atoms with van der Waals surface area (Å²) < 4.78 is 26.0. The van der Waals surface area contributed by atoms with Crippen molar-refractivity contribution in [1.82, 2.24) is 24.8 Å². The maximum Gasteiger partial charge on any atom is 0.259 e. The van der Waals surface area contributed by atoms with Crippen LogP contribution in [0.15, 0.2) is 41.2 Å². The van der Waals surface area contributed by atoms with Crippen molar-refractivity contribution < 1.29 is 18.3 Å². The zero-order chi connectivity index (χ0) is 23.7. The zero-order valence-corrected chi connectivity index (χ0v) is 18.9. The van der Waals surface area contributed by atoms with Gasteiger partial charge in [0.15, 0.2) is 0 Å². The van der Waals surface area contributed by atoms with Crippen molar-refractivity contribution in [2.24, 2.45) is 5.41 Å². The molecule has 7 rings (SSSR count). The average Bonchev–Trinajstić information content (AvgIpc) is 3.19. The molecule has 1 amide bonds. The molecule has 0 aromatic carbocycles. The lowest BCUT2D eigenvalue weighted by Crippen LogP contribution is -2.66. The Balaban J connectivity index is 1.13. The van der Waals surface area contributed by atoms with Gasteiger partial charge in [-0.1, -0.05) is 0 Å². The van der Waals surface area contributed by atoms with Gasteiger partial charge in [-0.15, -0.1) is 10.2 Å². The molecule has 4 aromatic heterocycles. The smallest absolute Gasteiger partial charge is 0.259 e. The van der Waals surface area contributed by atoms with E-state index in [1.807, 2.05) is 18.3 Å². The number of halogens is 1. The standard InChI is InChI=1S/C24H22FN7O3/c1-13-19(4-14(7-26-13)22-29-30-23(35-22)16-6-18(16)25)28-21(33)17-8-27-32-3-2-15(5-20(17)32)31-9-24(10-31)11-34-12-24/h2-5,7-8,16,18H,6,9-12H2,1H3,(H,28,33)/t16-,18-/m0/s1. The summed E-state index contributed by atoms with van der Waals surface area (Å²) in [5.41, 5.74) is 4.25. The van der Waals surface area contributed by atoms with Gasteiger partial charge in [-0.05, 0) is 31.5 Å². The van der Waals surface area contributed by atoms with Crippen molar-refractivity contribution in [3.05, 3.63) is 53.9 Å². The molecule has 1 spiro atoms. The van der Waals surface area contributed by atoms with E-state index in [-0.39, 0.29) is 17.7 Å². The Kier molecular flexibility index (Phi) is 4.29. The number of nitrogens with zero attached hydrogens (tertiary/aromatic N) is 6. The Bertz CT molecular complexity index is 1470. The minimum absolute atomic E-state index is 0.243.